The summed E-state index contributed by atoms with van der Waals surface area (Å²) < 4.78 is 106. The van der Waals surface area contributed by atoms with Crippen molar-refractivity contribution in [2.45, 2.75) is 17.4 Å². The zero-order chi connectivity index (χ0) is 22.2. The predicted octanol–water partition coefficient (Wildman–Crippen LogP) is 4.59. The average Bonchev–Trinajstić information content (AvgIpc) is 3.12. The molecular weight excluding hydrogens is 440 g/mol. The van der Waals surface area contributed by atoms with Crippen LogP contribution in [0.15, 0.2) is 65.7 Å². The summed E-state index contributed by atoms with van der Waals surface area (Å²) in [6.45, 7) is 0. The van der Waals surface area contributed by atoms with E-state index in [1.807, 2.05) is 0 Å². The Morgan fingerprint density at radius 3 is 1.97 bits per heavy atom. The van der Waals surface area contributed by atoms with Crippen molar-refractivity contribution in [1.29, 1.82) is 0 Å². The standard InChI is InChI=1S/C17H11F6N3O3S/c18-16(19,20)15-9-10-26(24-15)12-3-1-11(2-4-12)25-30(27,28)14-7-5-13(6-8-14)29-17(21,22)23/h1-10,25H. The minimum atomic E-state index is -4.91. The Hall–Kier alpha value is -3.22. The van der Waals surface area contributed by atoms with Crippen LogP contribution in [0.1, 0.15) is 5.69 Å². The Balaban J connectivity index is 1.73. The highest BCUT2D eigenvalue weighted by atomic mass is 32.2. The number of aromatic nitrogens is 2. The van der Waals surface area contributed by atoms with Gasteiger partial charge in [0.1, 0.15) is 5.75 Å². The lowest BCUT2D eigenvalue weighted by Gasteiger charge is -2.11. The van der Waals surface area contributed by atoms with Crippen LogP contribution in [-0.2, 0) is 16.2 Å². The quantitative estimate of drug-likeness (QED) is 0.576. The van der Waals surface area contributed by atoms with Gasteiger partial charge in [-0.2, -0.15) is 18.3 Å². The molecule has 160 valence electrons. The number of sulfonamides is 1. The molecule has 30 heavy (non-hydrogen) atoms. The van der Waals surface area contributed by atoms with Crippen molar-refractivity contribution in [2.75, 3.05) is 4.72 Å². The Bertz CT molecular complexity index is 1120. The van der Waals surface area contributed by atoms with Crippen LogP contribution in [0.4, 0.5) is 32.0 Å². The summed E-state index contributed by atoms with van der Waals surface area (Å²) >= 11 is 0. The summed E-state index contributed by atoms with van der Waals surface area (Å²) in [4.78, 5) is -0.317. The van der Waals surface area contributed by atoms with Gasteiger partial charge in [-0.25, -0.2) is 13.1 Å². The number of hydrogen-bond acceptors (Lipinski definition) is 4. The first-order chi connectivity index (χ1) is 13.8. The molecule has 13 heteroatoms. The summed E-state index contributed by atoms with van der Waals surface area (Å²) in [5, 5.41) is 3.40. The largest absolute Gasteiger partial charge is 0.573 e. The van der Waals surface area contributed by atoms with Crippen LogP contribution in [0.2, 0.25) is 0 Å². The van der Waals surface area contributed by atoms with Crippen LogP contribution in [0, 0.1) is 0 Å². The molecular formula is C17H11F6N3O3S. The Morgan fingerprint density at radius 1 is 0.867 bits per heavy atom. The molecule has 3 aromatic rings. The van der Waals surface area contributed by atoms with Crippen LogP contribution in [0.3, 0.4) is 0 Å². The first-order valence-electron chi connectivity index (χ1n) is 7.95. The third-order valence-corrected chi connectivity index (χ3v) is 5.03. The molecule has 0 amide bonds. The maximum atomic E-state index is 12.6. The summed E-state index contributed by atoms with van der Waals surface area (Å²) in [5.41, 5.74) is -0.745. The van der Waals surface area contributed by atoms with E-state index in [0.717, 1.165) is 41.2 Å². The minimum absolute atomic E-state index is 0.0811. The van der Waals surface area contributed by atoms with Crippen LogP contribution < -0.4 is 9.46 Å². The Labute approximate surface area is 165 Å². The van der Waals surface area contributed by atoms with Gasteiger partial charge in [-0.1, -0.05) is 0 Å². The third-order valence-electron chi connectivity index (χ3n) is 3.63. The van der Waals surface area contributed by atoms with Crippen LogP contribution in [0.5, 0.6) is 5.75 Å². The van der Waals surface area contributed by atoms with Crippen LogP contribution in [-0.4, -0.2) is 24.6 Å². The van der Waals surface area contributed by atoms with Gasteiger partial charge in [0, 0.05) is 11.9 Å². The summed E-state index contributed by atoms with van der Waals surface area (Å²) in [6, 6.07) is 9.62. The molecule has 1 aromatic heterocycles. The molecule has 0 unspecified atom stereocenters. The number of hydrogen-bond donors (Lipinski definition) is 1. The Morgan fingerprint density at radius 2 is 1.47 bits per heavy atom. The predicted molar refractivity (Wildman–Crippen MR) is 92.5 cm³/mol. The number of benzene rings is 2. The molecule has 0 radical (unpaired) electrons. The second-order valence-corrected chi connectivity index (χ2v) is 7.50. The number of alkyl halides is 6. The van der Waals surface area contributed by atoms with Crippen molar-refractivity contribution in [2.24, 2.45) is 0 Å². The van der Waals surface area contributed by atoms with E-state index in [4.69, 9.17) is 0 Å². The topological polar surface area (TPSA) is 73.2 Å². The number of anilines is 1. The zero-order valence-corrected chi connectivity index (χ0v) is 15.4. The van der Waals surface area contributed by atoms with E-state index in [1.54, 1.807) is 0 Å². The molecule has 0 aliphatic heterocycles. The molecule has 6 nitrogen and oxygen atoms in total. The molecule has 0 bridgehead atoms. The van der Waals surface area contributed by atoms with Gasteiger partial charge in [0.15, 0.2) is 5.69 Å². The minimum Gasteiger partial charge on any atom is -0.406 e. The van der Waals surface area contributed by atoms with Gasteiger partial charge in [-0.05, 0) is 54.6 Å². The molecule has 0 aliphatic carbocycles. The molecule has 0 atom stereocenters. The molecule has 2 aromatic carbocycles. The summed E-state index contributed by atoms with van der Waals surface area (Å²) in [6.07, 6.45) is -8.40. The lowest BCUT2D eigenvalue weighted by molar-refractivity contribution is -0.274. The van der Waals surface area contributed by atoms with Crippen molar-refractivity contribution in [3.05, 3.63) is 66.5 Å². The monoisotopic (exact) mass is 451 g/mol. The normalized spacial score (nSPS) is 12.6. The maximum Gasteiger partial charge on any atom is 0.573 e. The van der Waals surface area contributed by atoms with Crippen molar-refractivity contribution in [3.63, 3.8) is 0 Å². The molecule has 0 spiro atoms. The summed E-state index contributed by atoms with van der Waals surface area (Å²) in [7, 11) is -4.12. The van der Waals surface area contributed by atoms with E-state index in [9.17, 15) is 34.8 Å². The molecule has 1 N–H and O–H groups in total. The first kappa shape index (κ1) is 21.5. The van der Waals surface area contributed by atoms with E-state index in [0.29, 0.717) is 0 Å². The van der Waals surface area contributed by atoms with Crippen molar-refractivity contribution in [1.82, 2.24) is 9.78 Å². The number of nitrogens with zero attached hydrogens (tertiary/aromatic N) is 2. The molecule has 0 fully saturated rings. The fraction of sp³-hybridized carbons (Fsp3) is 0.118. The van der Waals surface area contributed by atoms with E-state index >= 15 is 0 Å². The lowest BCUT2D eigenvalue weighted by Crippen LogP contribution is -2.17. The molecule has 0 aliphatic rings. The van der Waals surface area contributed by atoms with Gasteiger partial charge in [0.25, 0.3) is 10.0 Å². The van der Waals surface area contributed by atoms with Crippen LogP contribution >= 0.6 is 0 Å². The SMILES string of the molecule is O=S(=O)(Nc1ccc(-n2ccc(C(F)(F)F)n2)cc1)c1ccc(OC(F)(F)F)cc1. The second-order valence-electron chi connectivity index (χ2n) is 5.81. The smallest absolute Gasteiger partial charge is 0.406 e. The van der Waals surface area contributed by atoms with Gasteiger partial charge < -0.3 is 4.74 Å². The van der Waals surface area contributed by atoms with Gasteiger partial charge >= 0.3 is 12.5 Å². The lowest BCUT2D eigenvalue weighted by atomic mass is 10.3. The van der Waals surface area contributed by atoms with Crippen molar-refractivity contribution >= 4 is 15.7 Å². The molecule has 0 saturated carbocycles. The van der Waals surface area contributed by atoms with Gasteiger partial charge in [-0.3, -0.25) is 4.72 Å². The van der Waals surface area contributed by atoms with Gasteiger partial charge in [0.2, 0.25) is 0 Å². The maximum absolute atomic E-state index is 12.6. The highest BCUT2D eigenvalue weighted by molar-refractivity contribution is 7.92. The Kier molecular flexibility index (Phi) is 5.41. The van der Waals surface area contributed by atoms with Gasteiger partial charge in [-0.15, -0.1) is 13.2 Å². The van der Waals surface area contributed by atoms with Crippen molar-refractivity contribution < 1.29 is 39.5 Å². The van der Waals surface area contributed by atoms with Crippen LogP contribution in [0.25, 0.3) is 5.69 Å². The van der Waals surface area contributed by atoms with E-state index in [2.05, 4.69) is 14.6 Å². The number of halogens is 6. The first-order valence-corrected chi connectivity index (χ1v) is 9.44. The molecule has 3 rings (SSSR count). The zero-order valence-electron chi connectivity index (χ0n) is 14.6. The highest BCUT2D eigenvalue weighted by Crippen LogP contribution is 2.28. The van der Waals surface area contributed by atoms with E-state index < -0.39 is 34.0 Å². The summed E-state index contributed by atoms with van der Waals surface area (Å²) in [5.74, 6) is -0.580. The second kappa shape index (κ2) is 7.55. The highest BCUT2D eigenvalue weighted by Gasteiger charge is 2.33. The van der Waals surface area contributed by atoms with Crippen molar-refractivity contribution in [3.8, 4) is 11.4 Å². The fourth-order valence-corrected chi connectivity index (χ4v) is 3.39. The van der Waals surface area contributed by atoms with E-state index in [-0.39, 0.29) is 16.3 Å². The van der Waals surface area contributed by atoms with E-state index in [1.165, 1.54) is 24.3 Å². The number of nitrogens with one attached hydrogen (secondary N) is 1. The third kappa shape index (κ3) is 5.23. The molecule has 0 saturated heterocycles. The fourth-order valence-electron chi connectivity index (χ4n) is 2.34. The average molecular weight is 451 g/mol. The number of rotatable bonds is 5. The van der Waals surface area contributed by atoms with Gasteiger partial charge in [0.05, 0.1) is 10.6 Å². The molecule has 1 heterocycles. The number of ether oxygens (including phenoxy) is 1.